The van der Waals surface area contributed by atoms with Gasteiger partial charge in [0.2, 0.25) is 0 Å². The third-order valence-corrected chi connectivity index (χ3v) is 3.89. The van der Waals surface area contributed by atoms with Gasteiger partial charge >= 0.3 is 5.88 Å². The molecule has 0 spiro atoms. The van der Waals surface area contributed by atoms with Crippen molar-refractivity contribution in [1.29, 1.82) is 0 Å². The van der Waals surface area contributed by atoms with Crippen LogP contribution in [0.2, 0.25) is 0 Å². The van der Waals surface area contributed by atoms with Crippen LogP contribution in [-0.2, 0) is 4.79 Å². The summed E-state index contributed by atoms with van der Waals surface area (Å²) in [6.07, 6.45) is 4.76. The summed E-state index contributed by atoms with van der Waals surface area (Å²) in [7, 11) is 0. The molecule has 1 aromatic heterocycles. The summed E-state index contributed by atoms with van der Waals surface area (Å²) in [5.74, 6) is -0.0987. The van der Waals surface area contributed by atoms with Gasteiger partial charge in [0.05, 0.1) is 11.0 Å². The van der Waals surface area contributed by atoms with Gasteiger partial charge in [-0.25, -0.2) is 0 Å². The number of thiocarbonyl (C=S) groups is 1. The Morgan fingerprint density at radius 1 is 1.55 bits per heavy atom. The second-order valence-corrected chi connectivity index (χ2v) is 5.42. The van der Waals surface area contributed by atoms with E-state index in [1.165, 1.54) is 28.8 Å². The Labute approximate surface area is 124 Å². The van der Waals surface area contributed by atoms with Crippen LogP contribution in [0.4, 0.5) is 5.88 Å². The molecule has 1 fully saturated rings. The number of hydrogen-bond donors (Lipinski definition) is 0. The van der Waals surface area contributed by atoms with E-state index >= 15 is 0 Å². The van der Waals surface area contributed by atoms with E-state index in [0.717, 1.165) is 0 Å². The highest BCUT2D eigenvalue weighted by Crippen LogP contribution is 2.30. The van der Waals surface area contributed by atoms with Gasteiger partial charge in [-0.15, -0.1) is 0 Å². The highest BCUT2D eigenvalue weighted by Gasteiger charge is 2.29. The Morgan fingerprint density at radius 2 is 2.30 bits per heavy atom. The minimum absolute atomic E-state index is 0.127. The van der Waals surface area contributed by atoms with Gasteiger partial charge in [-0.1, -0.05) is 30.1 Å². The Morgan fingerprint density at radius 3 is 2.85 bits per heavy atom. The molecular weight excluding hydrogens is 300 g/mol. The molecule has 0 bridgehead atoms. The van der Waals surface area contributed by atoms with E-state index in [0.29, 0.717) is 21.5 Å². The van der Waals surface area contributed by atoms with Crippen molar-refractivity contribution in [2.75, 3.05) is 6.54 Å². The summed E-state index contributed by atoms with van der Waals surface area (Å²) in [5.41, 5.74) is 0. The molecule has 2 rings (SSSR count). The number of amides is 1. The van der Waals surface area contributed by atoms with Crippen LogP contribution in [0.3, 0.4) is 0 Å². The molecule has 1 aliphatic rings. The van der Waals surface area contributed by atoms with Crippen molar-refractivity contribution in [3.63, 3.8) is 0 Å². The lowest BCUT2D eigenvalue weighted by atomic mass is 10.3. The molecule has 0 aromatic carbocycles. The third kappa shape index (κ3) is 2.97. The lowest BCUT2D eigenvalue weighted by Crippen LogP contribution is -2.27. The monoisotopic (exact) mass is 310 g/mol. The van der Waals surface area contributed by atoms with Gasteiger partial charge in [0, 0.05) is 6.54 Å². The summed E-state index contributed by atoms with van der Waals surface area (Å²) in [4.78, 5) is 23.8. The molecule has 20 heavy (non-hydrogen) atoms. The lowest BCUT2D eigenvalue weighted by Gasteiger charge is -2.09. The Hall–Kier alpha value is -1.93. The van der Waals surface area contributed by atoms with Crippen LogP contribution in [0.5, 0.6) is 0 Å². The summed E-state index contributed by atoms with van der Waals surface area (Å²) in [6, 6.07) is 2.76. The molecule has 0 unspecified atom stereocenters. The van der Waals surface area contributed by atoms with Gasteiger partial charge in [0.25, 0.3) is 5.91 Å². The van der Waals surface area contributed by atoms with Crippen LogP contribution < -0.4 is 0 Å². The summed E-state index contributed by atoms with van der Waals surface area (Å²) in [6.45, 7) is 2.39. The van der Waals surface area contributed by atoms with Gasteiger partial charge in [-0.2, -0.15) is 0 Å². The van der Waals surface area contributed by atoms with E-state index < -0.39 is 4.92 Å². The lowest BCUT2D eigenvalue weighted by molar-refractivity contribution is -0.402. The molecule has 2 heterocycles. The van der Waals surface area contributed by atoms with Crippen molar-refractivity contribution in [3.05, 3.63) is 45.1 Å². The number of hydrogen-bond acceptors (Lipinski definition) is 6. The fraction of sp³-hybridized carbons (Fsp3) is 0.167. The van der Waals surface area contributed by atoms with E-state index in [1.54, 1.807) is 18.2 Å². The SMILES string of the molecule is CCN1C(=O)/C(=C/C=C/c2ccc([N+](=O)[O-])o2)SC1=S. The number of carbonyl (C=O) groups is 1. The molecule has 0 saturated carbocycles. The Bertz CT molecular complexity index is 633. The van der Waals surface area contributed by atoms with Crippen LogP contribution in [0, 0.1) is 10.1 Å². The van der Waals surface area contributed by atoms with E-state index in [1.807, 2.05) is 6.92 Å². The Kier molecular flexibility index (Phi) is 4.35. The number of furan rings is 1. The van der Waals surface area contributed by atoms with Crippen molar-refractivity contribution in [2.45, 2.75) is 6.92 Å². The zero-order valence-corrected chi connectivity index (χ0v) is 12.1. The fourth-order valence-corrected chi connectivity index (χ4v) is 2.88. The minimum atomic E-state index is -0.607. The molecule has 6 nitrogen and oxygen atoms in total. The van der Waals surface area contributed by atoms with Gasteiger partial charge in [0.15, 0.2) is 0 Å². The first-order valence-corrected chi connectivity index (χ1v) is 6.91. The minimum Gasteiger partial charge on any atom is -0.401 e. The Balaban J connectivity index is 2.09. The average molecular weight is 310 g/mol. The molecule has 1 aliphatic heterocycles. The molecule has 1 saturated heterocycles. The largest absolute Gasteiger partial charge is 0.433 e. The van der Waals surface area contributed by atoms with Crippen LogP contribution in [0.1, 0.15) is 12.7 Å². The van der Waals surface area contributed by atoms with Crippen molar-refractivity contribution < 1.29 is 14.1 Å². The van der Waals surface area contributed by atoms with E-state index in [2.05, 4.69) is 0 Å². The molecule has 1 amide bonds. The molecular formula is C12H10N2O4S2. The van der Waals surface area contributed by atoms with Gasteiger partial charge in [-0.3, -0.25) is 19.8 Å². The maximum absolute atomic E-state index is 11.9. The topological polar surface area (TPSA) is 76.6 Å². The molecule has 0 atom stereocenters. The highest BCUT2D eigenvalue weighted by molar-refractivity contribution is 8.26. The first-order valence-electron chi connectivity index (χ1n) is 5.69. The summed E-state index contributed by atoms with van der Waals surface area (Å²) in [5, 5.41) is 10.5. The number of rotatable bonds is 4. The fourth-order valence-electron chi connectivity index (χ4n) is 1.55. The molecule has 0 aliphatic carbocycles. The van der Waals surface area contributed by atoms with Crippen molar-refractivity contribution in [1.82, 2.24) is 4.90 Å². The number of thioether (sulfide) groups is 1. The first kappa shape index (κ1) is 14.5. The number of nitrogens with zero attached hydrogens (tertiary/aromatic N) is 2. The molecule has 104 valence electrons. The molecule has 0 N–H and O–H groups in total. The van der Waals surface area contributed by atoms with Crippen LogP contribution in [0.15, 0.2) is 33.6 Å². The number of nitro groups is 1. The predicted molar refractivity (Wildman–Crippen MR) is 80.1 cm³/mol. The third-order valence-electron chi connectivity index (χ3n) is 2.49. The molecule has 1 aromatic rings. The second kappa shape index (κ2) is 6.02. The van der Waals surface area contributed by atoms with Crippen molar-refractivity contribution in [3.8, 4) is 0 Å². The number of carbonyl (C=O) groups excluding carboxylic acids is 1. The highest BCUT2D eigenvalue weighted by atomic mass is 32.2. The van der Waals surface area contributed by atoms with E-state index in [9.17, 15) is 14.9 Å². The quantitative estimate of drug-likeness (QED) is 0.368. The van der Waals surface area contributed by atoms with Crippen LogP contribution in [-0.4, -0.2) is 26.6 Å². The average Bonchev–Trinajstić information content (AvgIpc) is 2.96. The van der Waals surface area contributed by atoms with Gasteiger partial charge < -0.3 is 4.42 Å². The van der Waals surface area contributed by atoms with Crippen molar-refractivity contribution in [2.24, 2.45) is 0 Å². The maximum Gasteiger partial charge on any atom is 0.433 e. The summed E-state index contributed by atoms with van der Waals surface area (Å²) >= 11 is 6.31. The van der Waals surface area contributed by atoms with Gasteiger partial charge in [-0.05, 0) is 25.1 Å². The number of allylic oxidation sites excluding steroid dienone is 2. The predicted octanol–water partition coefficient (Wildman–Crippen LogP) is 2.97. The molecule has 0 radical (unpaired) electrons. The second-order valence-electron chi connectivity index (χ2n) is 3.74. The van der Waals surface area contributed by atoms with Crippen LogP contribution >= 0.6 is 24.0 Å². The zero-order chi connectivity index (χ0) is 14.7. The van der Waals surface area contributed by atoms with E-state index in [-0.39, 0.29) is 11.8 Å². The first-order chi connectivity index (χ1) is 9.52. The van der Waals surface area contributed by atoms with Gasteiger partial charge in [0.1, 0.15) is 15.0 Å². The molecule has 8 heteroatoms. The van der Waals surface area contributed by atoms with Crippen LogP contribution in [0.25, 0.3) is 6.08 Å². The smallest absolute Gasteiger partial charge is 0.401 e. The zero-order valence-electron chi connectivity index (χ0n) is 10.4. The number of likely N-dealkylation sites (N-methyl/N-ethyl adjacent to an activating group) is 1. The van der Waals surface area contributed by atoms with E-state index in [4.69, 9.17) is 16.6 Å². The normalized spacial score (nSPS) is 17.6. The maximum atomic E-state index is 11.9. The summed E-state index contributed by atoms with van der Waals surface area (Å²) < 4.78 is 5.49. The van der Waals surface area contributed by atoms with Crippen molar-refractivity contribution >= 4 is 46.2 Å². The standard InChI is InChI=1S/C12H10N2O4S2/c1-2-13-11(15)9(20-12(13)19)5-3-4-8-6-7-10(18-8)14(16)17/h3-7H,2H2,1H3/b4-3+,9-5-.